The third-order valence-electron chi connectivity index (χ3n) is 4.15. The molecule has 8 nitrogen and oxygen atoms in total. The Bertz CT molecular complexity index is 703. The third kappa shape index (κ3) is 3.14. The van der Waals surface area contributed by atoms with E-state index < -0.39 is 43.2 Å². The molecule has 10 heteroatoms. The molecule has 136 valence electrons. The van der Waals surface area contributed by atoms with Gasteiger partial charge in [-0.3, -0.25) is 9.69 Å². The van der Waals surface area contributed by atoms with Gasteiger partial charge in [-0.15, -0.1) is 0 Å². The molecule has 2 aliphatic rings. The van der Waals surface area contributed by atoms with Gasteiger partial charge in [-0.05, 0) is 19.1 Å². The summed E-state index contributed by atoms with van der Waals surface area (Å²) in [6.07, 6.45) is -5.63. The van der Waals surface area contributed by atoms with Crippen molar-refractivity contribution in [2.45, 2.75) is 37.6 Å². The van der Waals surface area contributed by atoms with Gasteiger partial charge in [0.2, 0.25) is 0 Å². The summed E-state index contributed by atoms with van der Waals surface area (Å²) in [6, 6.07) is 3.40. The van der Waals surface area contributed by atoms with Crippen LogP contribution in [0.5, 0.6) is 0 Å². The van der Waals surface area contributed by atoms with Crippen molar-refractivity contribution in [2.75, 3.05) is 6.61 Å². The number of thioether (sulfide) groups is 1. The average Bonchev–Trinajstić information content (AvgIpc) is 3.22. The fourth-order valence-corrected chi connectivity index (χ4v) is 4.06. The molecule has 0 aromatic carbocycles. The molecule has 4 N–H and O–H groups in total. The maximum absolute atomic E-state index is 12.8. The molecule has 1 amide bonds. The summed E-state index contributed by atoms with van der Waals surface area (Å²) >= 11 is 6.25. The van der Waals surface area contributed by atoms with Crippen molar-refractivity contribution in [1.29, 1.82) is 0 Å². The average molecular weight is 387 g/mol. The first kappa shape index (κ1) is 18.5. The van der Waals surface area contributed by atoms with Gasteiger partial charge in [0.25, 0.3) is 5.91 Å². The topological polar surface area (TPSA) is 124 Å². The van der Waals surface area contributed by atoms with E-state index in [2.05, 4.69) is 0 Å². The first-order valence-electron chi connectivity index (χ1n) is 7.47. The van der Waals surface area contributed by atoms with Gasteiger partial charge >= 0.3 is 0 Å². The highest BCUT2D eigenvalue weighted by Gasteiger charge is 2.50. The van der Waals surface area contributed by atoms with Crippen molar-refractivity contribution in [1.82, 2.24) is 4.90 Å². The van der Waals surface area contributed by atoms with Gasteiger partial charge in [-0.2, -0.15) is 0 Å². The Morgan fingerprint density at radius 2 is 2.04 bits per heavy atom. The number of thiocarbonyl (C=S) groups is 1. The van der Waals surface area contributed by atoms with E-state index >= 15 is 0 Å². The van der Waals surface area contributed by atoms with Crippen LogP contribution in [-0.4, -0.2) is 72.8 Å². The Hall–Kier alpha value is -1.27. The zero-order valence-electron chi connectivity index (χ0n) is 13.1. The molecule has 0 aliphatic carbocycles. The van der Waals surface area contributed by atoms with Crippen molar-refractivity contribution >= 4 is 39.8 Å². The highest BCUT2D eigenvalue weighted by Crippen LogP contribution is 2.39. The molecule has 2 fully saturated rings. The van der Waals surface area contributed by atoms with Gasteiger partial charge < -0.3 is 29.6 Å². The molecule has 0 bridgehead atoms. The number of aliphatic hydroxyl groups excluding tert-OH is 4. The minimum absolute atomic E-state index is 0.134. The summed E-state index contributed by atoms with van der Waals surface area (Å²) in [6.45, 7) is 1.12. The van der Waals surface area contributed by atoms with E-state index in [4.69, 9.17) is 21.4 Å². The van der Waals surface area contributed by atoms with Crippen LogP contribution in [0.2, 0.25) is 0 Å². The second kappa shape index (κ2) is 7.16. The van der Waals surface area contributed by atoms with E-state index in [-0.39, 0.29) is 4.32 Å². The standard InChI is InChI=1S/C15H17NO7S2/c1-6(7-3-2-4-22-7)12-13(21)16(15(24)25-12)14-11(20)10(19)9(18)8(5-17)23-14/h2-4,8-11,14,17-20H,5H2,1H3/b12-6-/t8-,9+,10+,11+,14-/m0/s1. The van der Waals surface area contributed by atoms with E-state index in [1.54, 1.807) is 19.1 Å². The second-order valence-corrected chi connectivity index (χ2v) is 7.34. The molecule has 1 aromatic rings. The Kier molecular flexibility index (Phi) is 5.30. The summed E-state index contributed by atoms with van der Waals surface area (Å²) in [7, 11) is 0. The first-order chi connectivity index (χ1) is 11.9. The quantitative estimate of drug-likeness (QED) is 0.408. The van der Waals surface area contributed by atoms with Gasteiger partial charge in [-0.1, -0.05) is 24.0 Å². The van der Waals surface area contributed by atoms with Crippen molar-refractivity contribution in [3.63, 3.8) is 0 Å². The Labute approximate surface area is 152 Å². The van der Waals surface area contributed by atoms with Gasteiger partial charge in [0, 0.05) is 5.57 Å². The van der Waals surface area contributed by atoms with Crippen LogP contribution in [-0.2, 0) is 9.53 Å². The number of furan rings is 1. The number of hydrogen-bond donors (Lipinski definition) is 4. The number of nitrogens with zero attached hydrogens (tertiary/aromatic N) is 1. The lowest BCUT2D eigenvalue weighted by atomic mass is 9.98. The highest BCUT2D eigenvalue weighted by molar-refractivity contribution is 8.26. The smallest absolute Gasteiger partial charge is 0.268 e. The summed E-state index contributed by atoms with van der Waals surface area (Å²) in [5.41, 5.74) is 0.578. The van der Waals surface area contributed by atoms with E-state index in [0.29, 0.717) is 16.2 Å². The molecule has 0 spiro atoms. The van der Waals surface area contributed by atoms with Crippen LogP contribution in [0.25, 0.3) is 5.57 Å². The fourth-order valence-electron chi connectivity index (χ4n) is 2.73. The fraction of sp³-hybridized carbons (Fsp3) is 0.467. The van der Waals surface area contributed by atoms with Crippen LogP contribution in [0.4, 0.5) is 0 Å². The van der Waals surface area contributed by atoms with Gasteiger partial charge in [0.1, 0.15) is 30.2 Å². The van der Waals surface area contributed by atoms with Crippen molar-refractivity contribution in [3.05, 3.63) is 29.1 Å². The largest absolute Gasteiger partial charge is 0.465 e. The van der Waals surface area contributed by atoms with Crippen molar-refractivity contribution in [2.24, 2.45) is 0 Å². The molecular formula is C15H17NO7S2. The number of ether oxygens (including phenoxy) is 1. The van der Waals surface area contributed by atoms with Gasteiger partial charge in [0.05, 0.1) is 17.8 Å². The predicted octanol–water partition coefficient (Wildman–Crippen LogP) is -0.329. The van der Waals surface area contributed by atoms with E-state index in [1.165, 1.54) is 6.26 Å². The predicted molar refractivity (Wildman–Crippen MR) is 92.1 cm³/mol. The Morgan fingerprint density at radius 3 is 2.64 bits per heavy atom. The highest BCUT2D eigenvalue weighted by atomic mass is 32.2. The normalized spacial score (nSPS) is 35.4. The molecule has 25 heavy (non-hydrogen) atoms. The summed E-state index contributed by atoms with van der Waals surface area (Å²) in [5, 5.41) is 39.3. The second-order valence-electron chi connectivity index (χ2n) is 5.69. The molecule has 2 saturated heterocycles. The Balaban J connectivity index is 1.91. The third-order valence-corrected chi connectivity index (χ3v) is 5.65. The van der Waals surface area contributed by atoms with Crippen LogP contribution >= 0.6 is 24.0 Å². The summed E-state index contributed by atoms with van der Waals surface area (Å²) in [5.74, 6) is 0.00234. The van der Waals surface area contributed by atoms with Gasteiger partial charge in [0.15, 0.2) is 10.5 Å². The minimum Gasteiger partial charge on any atom is -0.465 e. The number of amides is 1. The zero-order valence-corrected chi connectivity index (χ0v) is 14.7. The van der Waals surface area contributed by atoms with Crippen molar-refractivity contribution in [3.8, 4) is 0 Å². The molecular weight excluding hydrogens is 370 g/mol. The van der Waals surface area contributed by atoms with Gasteiger partial charge in [-0.25, -0.2) is 0 Å². The number of hydrogen-bond acceptors (Lipinski definition) is 9. The van der Waals surface area contributed by atoms with E-state index in [0.717, 1.165) is 16.7 Å². The molecule has 0 radical (unpaired) electrons. The number of carbonyl (C=O) groups excluding carboxylic acids is 1. The molecule has 5 atom stereocenters. The number of aliphatic hydroxyl groups is 4. The Morgan fingerprint density at radius 1 is 1.32 bits per heavy atom. The lowest BCUT2D eigenvalue weighted by Crippen LogP contribution is -2.63. The number of rotatable bonds is 3. The lowest BCUT2D eigenvalue weighted by molar-refractivity contribution is -0.252. The molecule has 0 saturated carbocycles. The summed E-state index contributed by atoms with van der Waals surface area (Å²) < 4.78 is 10.8. The van der Waals surface area contributed by atoms with Crippen LogP contribution in [0.15, 0.2) is 27.7 Å². The van der Waals surface area contributed by atoms with Crippen LogP contribution in [0.1, 0.15) is 12.7 Å². The molecule has 3 rings (SSSR count). The van der Waals surface area contributed by atoms with E-state index in [9.17, 15) is 25.2 Å². The van der Waals surface area contributed by atoms with Crippen LogP contribution in [0.3, 0.4) is 0 Å². The summed E-state index contributed by atoms with van der Waals surface area (Å²) in [4.78, 5) is 14.2. The maximum atomic E-state index is 12.8. The number of allylic oxidation sites excluding steroid dienone is 1. The first-order valence-corrected chi connectivity index (χ1v) is 8.70. The lowest BCUT2D eigenvalue weighted by Gasteiger charge is -2.42. The van der Waals surface area contributed by atoms with Crippen LogP contribution in [0, 0.1) is 0 Å². The number of carbonyl (C=O) groups is 1. The molecule has 0 unspecified atom stereocenters. The van der Waals surface area contributed by atoms with E-state index in [1.807, 2.05) is 0 Å². The monoisotopic (exact) mass is 387 g/mol. The molecule has 2 aliphatic heterocycles. The minimum atomic E-state index is -1.59. The maximum Gasteiger partial charge on any atom is 0.268 e. The van der Waals surface area contributed by atoms with Crippen molar-refractivity contribution < 1.29 is 34.4 Å². The van der Waals surface area contributed by atoms with Crippen LogP contribution < -0.4 is 0 Å². The SMILES string of the molecule is C/C(=C1/SC(=S)N([C@H]2O[C@@H](CO)[C@@H](O)[C@@H](O)[C@H]2O)C1=O)c1ccco1. The molecule has 3 heterocycles. The zero-order chi connectivity index (χ0) is 18.3. The molecule has 1 aromatic heterocycles.